The molecule has 0 saturated carbocycles. The van der Waals surface area contributed by atoms with Crippen molar-refractivity contribution in [2.24, 2.45) is 11.1 Å². The molecule has 1 aromatic carbocycles. The molecule has 0 spiro atoms. The number of nitrogens with two attached hydrogens (primary N) is 1. The van der Waals surface area contributed by atoms with Gasteiger partial charge in [0.2, 0.25) is 10.0 Å². The van der Waals surface area contributed by atoms with Gasteiger partial charge >= 0.3 is 0 Å². The van der Waals surface area contributed by atoms with Crippen molar-refractivity contribution in [2.45, 2.75) is 31.2 Å². The Morgan fingerprint density at radius 2 is 2.12 bits per heavy atom. The summed E-state index contributed by atoms with van der Waals surface area (Å²) >= 11 is 0. The minimum absolute atomic E-state index is 0.0242. The first-order chi connectivity index (χ1) is 11.6. The summed E-state index contributed by atoms with van der Waals surface area (Å²) in [5.41, 5.74) is 6.18. The molecule has 8 nitrogen and oxygen atoms in total. The molecule has 3 N–H and O–H groups in total. The Hall–Kier alpha value is -1.84. The number of anilines is 1. The van der Waals surface area contributed by atoms with Crippen LogP contribution in [0.3, 0.4) is 0 Å². The van der Waals surface area contributed by atoms with E-state index in [1.807, 2.05) is 13.8 Å². The second-order valence-corrected chi connectivity index (χ2v) is 8.96. The molecule has 25 heavy (non-hydrogen) atoms. The van der Waals surface area contributed by atoms with Crippen molar-refractivity contribution >= 4 is 21.6 Å². The van der Waals surface area contributed by atoms with Gasteiger partial charge in [-0.05, 0) is 11.8 Å². The summed E-state index contributed by atoms with van der Waals surface area (Å²) in [6.45, 7) is 4.45. The lowest BCUT2D eigenvalue weighted by Gasteiger charge is -2.41. The Kier molecular flexibility index (Phi) is 4.42. The molecule has 9 heteroatoms. The van der Waals surface area contributed by atoms with E-state index in [1.54, 1.807) is 0 Å². The fourth-order valence-electron chi connectivity index (χ4n) is 3.12. The third-order valence-corrected chi connectivity index (χ3v) is 6.66. The maximum Gasteiger partial charge on any atom is 0.262 e. The van der Waals surface area contributed by atoms with Crippen LogP contribution in [0, 0.1) is 5.41 Å². The van der Waals surface area contributed by atoms with Crippen LogP contribution in [0.25, 0.3) is 0 Å². The third-order valence-electron chi connectivity index (χ3n) is 4.79. The number of methoxy groups -OCH3 is 1. The molecule has 3 rings (SSSR count). The minimum Gasteiger partial charge on any atom is -0.495 e. The first-order valence-corrected chi connectivity index (χ1v) is 9.49. The van der Waals surface area contributed by atoms with Crippen molar-refractivity contribution in [1.29, 1.82) is 0 Å². The SMILES string of the molecule is COc1cc2c(cc1S(=O)(=O)N1CCC(N)C(C)(C)C1)OCC(=O)N2. The second-order valence-electron chi connectivity index (χ2n) is 7.06. The summed E-state index contributed by atoms with van der Waals surface area (Å²) in [6.07, 6.45) is 0.589. The van der Waals surface area contributed by atoms with Crippen molar-refractivity contribution in [2.75, 3.05) is 32.1 Å². The predicted octanol–water partition coefficient (Wildman–Crippen LogP) is 0.774. The molecule has 1 saturated heterocycles. The van der Waals surface area contributed by atoms with E-state index in [4.69, 9.17) is 15.2 Å². The standard InChI is InChI=1S/C16H23N3O5S/c1-16(2)9-19(5-4-14(16)17)25(21,22)13-7-11-10(6-12(13)23-3)18-15(20)8-24-11/h6-7,14H,4-5,8-9,17H2,1-3H3,(H,18,20). The largest absolute Gasteiger partial charge is 0.495 e. The van der Waals surface area contributed by atoms with Crippen LogP contribution in [0.4, 0.5) is 5.69 Å². The topological polar surface area (TPSA) is 111 Å². The smallest absolute Gasteiger partial charge is 0.262 e. The quantitative estimate of drug-likeness (QED) is 0.814. The van der Waals surface area contributed by atoms with Gasteiger partial charge in [-0.15, -0.1) is 0 Å². The van der Waals surface area contributed by atoms with E-state index < -0.39 is 10.0 Å². The molecular formula is C16H23N3O5S. The molecule has 2 heterocycles. The summed E-state index contributed by atoms with van der Waals surface area (Å²) in [6, 6.07) is 2.83. The summed E-state index contributed by atoms with van der Waals surface area (Å²) in [5.74, 6) is 0.182. The van der Waals surface area contributed by atoms with Gasteiger partial charge < -0.3 is 20.5 Å². The molecular weight excluding hydrogens is 346 g/mol. The van der Waals surface area contributed by atoms with Crippen LogP contribution in [0.1, 0.15) is 20.3 Å². The summed E-state index contributed by atoms with van der Waals surface area (Å²) < 4.78 is 38.4. The summed E-state index contributed by atoms with van der Waals surface area (Å²) in [7, 11) is -2.40. The average molecular weight is 369 g/mol. The van der Waals surface area contributed by atoms with E-state index in [-0.39, 0.29) is 34.6 Å². The Morgan fingerprint density at radius 3 is 2.76 bits per heavy atom. The zero-order chi connectivity index (χ0) is 18.4. The van der Waals surface area contributed by atoms with Crippen molar-refractivity contribution in [3.05, 3.63) is 12.1 Å². The Balaban J connectivity index is 2.01. The number of carbonyl (C=O) groups is 1. The third kappa shape index (κ3) is 3.19. The number of nitrogens with zero attached hydrogens (tertiary/aromatic N) is 1. The molecule has 1 amide bonds. The molecule has 0 bridgehead atoms. The highest BCUT2D eigenvalue weighted by Gasteiger charge is 2.40. The average Bonchev–Trinajstić information content (AvgIpc) is 2.55. The lowest BCUT2D eigenvalue weighted by atomic mass is 9.81. The van der Waals surface area contributed by atoms with Gasteiger partial charge in [0.25, 0.3) is 5.91 Å². The predicted molar refractivity (Wildman–Crippen MR) is 92.3 cm³/mol. The van der Waals surface area contributed by atoms with E-state index in [2.05, 4.69) is 5.32 Å². The number of rotatable bonds is 3. The maximum atomic E-state index is 13.2. The summed E-state index contributed by atoms with van der Waals surface area (Å²) in [4.78, 5) is 11.5. The van der Waals surface area contributed by atoms with E-state index >= 15 is 0 Å². The molecule has 0 radical (unpaired) electrons. The number of hydrogen-bond donors (Lipinski definition) is 2. The van der Waals surface area contributed by atoms with E-state index in [9.17, 15) is 13.2 Å². The first-order valence-electron chi connectivity index (χ1n) is 8.05. The van der Waals surface area contributed by atoms with Crippen molar-refractivity contribution < 1.29 is 22.7 Å². The molecule has 2 aliphatic heterocycles. The lowest BCUT2D eigenvalue weighted by molar-refractivity contribution is -0.118. The molecule has 0 aromatic heterocycles. The number of amides is 1. The molecule has 1 aromatic rings. The number of piperidine rings is 1. The highest BCUT2D eigenvalue weighted by molar-refractivity contribution is 7.89. The lowest BCUT2D eigenvalue weighted by Crippen LogP contribution is -2.53. The van der Waals surface area contributed by atoms with Crippen LogP contribution in [0.15, 0.2) is 17.0 Å². The van der Waals surface area contributed by atoms with Gasteiger partial charge in [0, 0.05) is 31.3 Å². The highest BCUT2D eigenvalue weighted by atomic mass is 32.2. The first kappa shape index (κ1) is 18.0. The fourth-order valence-corrected chi connectivity index (χ4v) is 4.90. The van der Waals surface area contributed by atoms with E-state index in [1.165, 1.54) is 23.5 Å². The van der Waals surface area contributed by atoms with Gasteiger partial charge in [0.15, 0.2) is 6.61 Å². The number of nitrogens with one attached hydrogen (secondary N) is 1. The van der Waals surface area contributed by atoms with E-state index in [0.717, 1.165) is 0 Å². The number of benzene rings is 1. The van der Waals surface area contributed by atoms with Crippen LogP contribution in [0.2, 0.25) is 0 Å². The van der Waals surface area contributed by atoms with Gasteiger partial charge in [0.05, 0.1) is 12.8 Å². The van der Waals surface area contributed by atoms with Crippen LogP contribution in [-0.4, -0.2) is 51.5 Å². The molecule has 1 atom stereocenters. The van der Waals surface area contributed by atoms with Crippen molar-refractivity contribution in [3.8, 4) is 11.5 Å². The number of sulfonamides is 1. The molecule has 1 fully saturated rings. The van der Waals surface area contributed by atoms with Gasteiger partial charge in [-0.3, -0.25) is 4.79 Å². The van der Waals surface area contributed by atoms with Gasteiger partial charge in [0.1, 0.15) is 16.4 Å². The number of fused-ring (bicyclic) bond motifs is 1. The number of carbonyl (C=O) groups excluding carboxylic acids is 1. The maximum absolute atomic E-state index is 13.2. The Labute approximate surface area is 147 Å². The van der Waals surface area contributed by atoms with Crippen molar-refractivity contribution in [1.82, 2.24) is 4.31 Å². The van der Waals surface area contributed by atoms with E-state index in [0.29, 0.717) is 30.9 Å². The highest BCUT2D eigenvalue weighted by Crippen LogP contribution is 2.40. The zero-order valence-electron chi connectivity index (χ0n) is 14.5. The molecule has 0 aliphatic carbocycles. The van der Waals surface area contributed by atoms with Crippen LogP contribution < -0.4 is 20.5 Å². The fraction of sp³-hybridized carbons (Fsp3) is 0.562. The van der Waals surface area contributed by atoms with Gasteiger partial charge in [-0.2, -0.15) is 4.31 Å². The number of ether oxygens (including phenoxy) is 2. The van der Waals surface area contributed by atoms with Crippen LogP contribution in [-0.2, 0) is 14.8 Å². The van der Waals surface area contributed by atoms with Crippen LogP contribution in [0.5, 0.6) is 11.5 Å². The molecule has 2 aliphatic rings. The zero-order valence-corrected chi connectivity index (χ0v) is 15.4. The number of hydrogen-bond acceptors (Lipinski definition) is 6. The Bertz CT molecular complexity index is 806. The van der Waals surface area contributed by atoms with Gasteiger partial charge in [-0.1, -0.05) is 13.8 Å². The summed E-state index contributed by atoms with van der Waals surface area (Å²) in [5, 5.41) is 2.64. The van der Waals surface area contributed by atoms with Crippen molar-refractivity contribution in [3.63, 3.8) is 0 Å². The monoisotopic (exact) mass is 369 g/mol. The van der Waals surface area contributed by atoms with Crippen LogP contribution >= 0.6 is 0 Å². The van der Waals surface area contributed by atoms with Gasteiger partial charge in [-0.25, -0.2) is 8.42 Å². The second kappa shape index (κ2) is 6.15. The Morgan fingerprint density at radius 1 is 1.40 bits per heavy atom. The normalized spacial score (nSPS) is 23.4. The minimum atomic E-state index is -3.79. The molecule has 138 valence electrons. The molecule has 1 unspecified atom stereocenters.